The van der Waals surface area contributed by atoms with Crippen LogP contribution in [0.4, 0.5) is 0 Å². The van der Waals surface area contributed by atoms with Gasteiger partial charge >= 0.3 is 0 Å². The molecule has 1 amide bonds. The van der Waals surface area contributed by atoms with Crippen molar-refractivity contribution in [2.45, 2.75) is 44.6 Å². The van der Waals surface area contributed by atoms with Crippen molar-refractivity contribution in [1.82, 2.24) is 14.9 Å². The highest BCUT2D eigenvalue weighted by molar-refractivity contribution is 7.89. The van der Waals surface area contributed by atoms with Gasteiger partial charge in [-0.05, 0) is 38.6 Å². The van der Waals surface area contributed by atoms with Crippen LogP contribution >= 0.6 is 0 Å². The molecule has 2 rings (SSSR count). The summed E-state index contributed by atoms with van der Waals surface area (Å²) in [5.41, 5.74) is 0. The molecule has 2 aliphatic rings. The van der Waals surface area contributed by atoms with Gasteiger partial charge in [0.25, 0.3) is 0 Å². The summed E-state index contributed by atoms with van der Waals surface area (Å²) < 4.78 is 26.3. The van der Waals surface area contributed by atoms with Crippen molar-refractivity contribution < 1.29 is 13.2 Å². The van der Waals surface area contributed by atoms with E-state index >= 15 is 0 Å². The monoisotopic (exact) mass is 317 g/mol. The molecule has 0 aromatic rings. The number of hydrogen-bond donors (Lipinski definition) is 2. The molecular formula is C14H27N3O3S. The molecule has 0 aromatic heterocycles. The van der Waals surface area contributed by atoms with Crippen LogP contribution in [0.1, 0.15) is 38.5 Å². The van der Waals surface area contributed by atoms with Crippen LogP contribution < -0.4 is 10.6 Å². The molecule has 0 spiro atoms. The average Bonchev–Trinajstić information content (AvgIpc) is 2.53. The molecule has 0 saturated carbocycles. The van der Waals surface area contributed by atoms with Crippen molar-refractivity contribution in [2.24, 2.45) is 5.92 Å². The topological polar surface area (TPSA) is 78.5 Å². The Hall–Kier alpha value is -0.660. The number of nitrogens with zero attached hydrogens (tertiary/aromatic N) is 1. The number of amides is 1. The van der Waals surface area contributed by atoms with E-state index in [9.17, 15) is 13.2 Å². The number of piperidine rings is 2. The van der Waals surface area contributed by atoms with Crippen LogP contribution in [0.5, 0.6) is 0 Å². The zero-order valence-corrected chi connectivity index (χ0v) is 13.6. The fourth-order valence-corrected chi connectivity index (χ4v) is 4.80. The second kappa shape index (κ2) is 7.56. The Morgan fingerprint density at radius 1 is 1.24 bits per heavy atom. The van der Waals surface area contributed by atoms with E-state index in [0.29, 0.717) is 38.4 Å². The minimum atomic E-state index is -3.18. The lowest BCUT2D eigenvalue weighted by atomic mass is 9.97. The first kappa shape index (κ1) is 16.7. The first-order valence-corrected chi connectivity index (χ1v) is 9.56. The zero-order chi connectivity index (χ0) is 15.3. The van der Waals surface area contributed by atoms with E-state index in [0.717, 1.165) is 13.0 Å². The van der Waals surface area contributed by atoms with Crippen molar-refractivity contribution in [3.63, 3.8) is 0 Å². The average molecular weight is 317 g/mol. The van der Waals surface area contributed by atoms with Crippen molar-refractivity contribution >= 4 is 15.9 Å². The molecule has 1 unspecified atom stereocenters. The molecule has 0 aromatic carbocycles. The summed E-state index contributed by atoms with van der Waals surface area (Å²) in [5, 5.41) is 6.03. The molecule has 0 bridgehead atoms. The quantitative estimate of drug-likeness (QED) is 0.765. The van der Waals surface area contributed by atoms with Gasteiger partial charge in [0.05, 0.1) is 5.75 Å². The van der Waals surface area contributed by atoms with Gasteiger partial charge in [-0.2, -0.15) is 0 Å². The third-order valence-electron chi connectivity index (χ3n) is 4.60. The number of sulfonamides is 1. The number of nitrogens with one attached hydrogen (secondary N) is 2. The fourth-order valence-electron chi connectivity index (χ4n) is 3.19. The standard InChI is InChI=1S/C14H27N3O3S/c1-15-14(18)12-5-9-17(10-6-12)21(19,20)11-7-13-4-2-3-8-16-13/h12-13,16H,2-11H2,1H3,(H,15,18). The summed E-state index contributed by atoms with van der Waals surface area (Å²) in [6, 6.07) is 0.344. The molecular weight excluding hydrogens is 290 g/mol. The smallest absolute Gasteiger partial charge is 0.222 e. The number of carbonyl (C=O) groups excluding carboxylic acids is 1. The molecule has 7 heteroatoms. The first-order valence-electron chi connectivity index (χ1n) is 7.96. The Bertz CT molecular complexity index is 438. The summed E-state index contributed by atoms with van der Waals surface area (Å²) in [4.78, 5) is 11.6. The second-order valence-corrected chi connectivity index (χ2v) is 8.13. The maximum Gasteiger partial charge on any atom is 0.222 e. The molecule has 0 aliphatic carbocycles. The van der Waals surface area contributed by atoms with Gasteiger partial charge in [-0.1, -0.05) is 6.42 Å². The van der Waals surface area contributed by atoms with E-state index in [4.69, 9.17) is 0 Å². The van der Waals surface area contributed by atoms with Gasteiger partial charge in [0.15, 0.2) is 0 Å². The SMILES string of the molecule is CNC(=O)C1CCN(S(=O)(=O)CCC2CCCCN2)CC1. The summed E-state index contributed by atoms with van der Waals surface area (Å²) >= 11 is 0. The normalized spacial score (nSPS) is 25.7. The maximum atomic E-state index is 12.4. The van der Waals surface area contributed by atoms with E-state index in [1.165, 1.54) is 12.8 Å². The molecule has 2 heterocycles. The molecule has 2 aliphatic heterocycles. The third kappa shape index (κ3) is 4.66. The van der Waals surface area contributed by atoms with Crippen molar-refractivity contribution in [1.29, 1.82) is 0 Å². The van der Waals surface area contributed by atoms with Crippen molar-refractivity contribution in [3.8, 4) is 0 Å². The minimum Gasteiger partial charge on any atom is -0.359 e. The predicted molar refractivity (Wildman–Crippen MR) is 82.4 cm³/mol. The van der Waals surface area contributed by atoms with Gasteiger partial charge in [0.2, 0.25) is 15.9 Å². The van der Waals surface area contributed by atoms with Crippen LogP contribution in [-0.2, 0) is 14.8 Å². The van der Waals surface area contributed by atoms with E-state index < -0.39 is 10.0 Å². The second-order valence-electron chi connectivity index (χ2n) is 6.04. The Morgan fingerprint density at radius 3 is 2.52 bits per heavy atom. The molecule has 1 atom stereocenters. The highest BCUT2D eigenvalue weighted by atomic mass is 32.2. The third-order valence-corrected chi connectivity index (χ3v) is 6.50. The highest BCUT2D eigenvalue weighted by Crippen LogP contribution is 2.21. The van der Waals surface area contributed by atoms with Gasteiger partial charge in [0.1, 0.15) is 0 Å². The maximum absolute atomic E-state index is 12.4. The first-order chi connectivity index (χ1) is 10.0. The summed E-state index contributed by atoms with van der Waals surface area (Å²) in [6.45, 7) is 1.94. The summed E-state index contributed by atoms with van der Waals surface area (Å²) in [5.74, 6) is 0.204. The van der Waals surface area contributed by atoms with Gasteiger partial charge < -0.3 is 10.6 Å². The Kier molecular flexibility index (Phi) is 6.01. The van der Waals surface area contributed by atoms with E-state index in [-0.39, 0.29) is 17.6 Å². The van der Waals surface area contributed by atoms with E-state index in [1.54, 1.807) is 11.4 Å². The lowest BCUT2D eigenvalue weighted by molar-refractivity contribution is -0.125. The van der Waals surface area contributed by atoms with E-state index in [1.807, 2.05) is 0 Å². The summed E-state index contributed by atoms with van der Waals surface area (Å²) in [6.07, 6.45) is 5.40. The van der Waals surface area contributed by atoms with Crippen molar-refractivity contribution in [2.75, 3.05) is 32.4 Å². The Balaban J connectivity index is 1.79. The lowest BCUT2D eigenvalue weighted by Crippen LogP contribution is -2.44. The molecule has 2 N–H and O–H groups in total. The molecule has 0 radical (unpaired) electrons. The summed E-state index contributed by atoms with van der Waals surface area (Å²) in [7, 11) is -1.55. The number of carbonyl (C=O) groups is 1. The van der Waals surface area contributed by atoms with Gasteiger partial charge in [-0.3, -0.25) is 4.79 Å². The van der Waals surface area contributed by atoms with Crippen LogP contribution in [0.2, 0.25) is 0 Å². The fraction of sp³-hybridized carbons (Fsp3) is 0.929. The van der Waals surface area contributed by atoms with Crippen LogP contribution in [0.25, 0.3) is 0 Å². The largest absolute Gasteiger partial charge is 0.359 e. The van der Waals surface area contributed by atoms with Gasteiger partial charge in [-0.25, -0.2) is 12.7 Å². The van der Waals surface area contributed by atoms with Crippen LogP contribution in [0.15, 0.2) is 0 Å². The number of rotatable bonds is 5. The van der Waals surface area contributed by atoms with Gasteiger partial charge in [0, 0.05) is 32.1 Å². The number of hydrogen-bond acceptors (Lipinski definition) is 4. The van der Waals surface area contributed by atoms with Crippen LogP contribution in [0, 0.1) is 5.92 Å². The predicted octanol–water partition coefficient (Wildman–Crippen LogP) is 0.306. The zero-order valence-electron chi connectivity index (χ0n) is 12.8. The molecule has 122 valence electrons. The Morgan fingerprint density at radius 2 is 1.95 bits per heavy atom. The van der Waals surface area contributed by atoms with Crippen LogP contribution in [-0.4, -0.2) is 57.1 Å². The highest BCUT2D eigenvalue weighted by Gasteiger charge is 2.31. The molecule has 6 nitrogen and oxygen atoms in total. The molecule has 21 heavy (non-hydrogen) atoms. The van der Waals surface area contributed by atoms with Gasteiger partial charge in [-0.15, -0.1) is 0 Å². The molecule has 2 fully saturated rings. The molecule has 2 saturated heterocycles. The minimum absolute atomic E-state index is 0.0263. The van der Waals surface area contributed by atoms with Crippen LogP contribution in [0.3, 0.4) is 0 Å². The lowest BCUT2D eigenvalue weighted by Gasteiger charge is -2.31. The van der Waals surface area contributed by atoms with Crippen molar-refractivity contribution in [3.05, 3.63) is 0 Å². The Labute approximate surface area is 127 Å². The van der Waals surface area contributed by atoms with E-state index in [2.05, 4.69) is 10.6 Å².